The molecular weight excluding hydrogens is 312 g/mol. The summed E-state index contributed by atoms with van der Waals surface area (Å²) in [4.78, 5) is 21.6. The van der Waals surface area contributed by atoms with Crippen LogP contribution in [-0.2, 0) is 13.0 Å². The van der Waals surface area contributed by atoms with Crippen molar-refractivity contribution in [2.75, 3.05) is 6.26 Å². The normalized spacial score (nSPS) is 14.0. The Morgan fingerprint density at radius 1 is 1.43 bits per heavy atom. The van der Waals surface area contributed by atoms with E-state index in [2.05, 4.69) is 20.4 Å². The highest BCUT2D eigenvalue weighted by molar-refractivity contribution is 7.98. The van der Waals surface area contributed by atoms with Crippen molar-refractivity contribution in [3.63, 3.8) is 0 Å². The third kappa shape index (κ3) is 3.55. The predicted molar refractivity (Wildman–Crippen MR) is 87.6 cm³/mol. The maximum Gasteiger partial charge on any atom is 0.256 e. The highest BCUT2D eigenvalue weighted by Gasteiger charge is 2.29. The first-order valence-electron chi connectivity index (χ1n) is 7.77. The molecule has 0 atom stereocenters. The SMILES string of the molecule is CCc1cc(CNC(=O)c2c(C)nc(C3CC3)nc2SC)on1. The molecule has 1 amide bonds. The van der Waals surface area contributed by atoms with Gasteiger partial charge in [-0.1, -0.05) is 12.1 Å². The first kappa shape index (κ1) is 16.0. The van der Waals surface area contributed by atoms with Crippen LogP contribution < -0.4 is 5.32 Å². The highest BCUT2D eigenvalue weighted by Crippen LogP contribution is 2.39. The Balaban J connectivity index is 1.75. The summed E-state index contributed by atoms with van der Waals surface area (Å²) in [5.74, 6) is 1.81. The lowest BCUT2D eigenvalue weighted by molar-refractivity contribution is 0.0942. The lowest BCUT2D eigenvalue weighted by atomic mass is 10.2. The van der Waals surface area contributed by atoms with E-state index >= 15 is 0 Å². The van der Waals surface area contributed by atoms with Crippen LogP contribution in [0.4, 0.5) is 0 Å². The zero-order valence-corrected chi connectivity index (χ0v) is 14.4. The number of aryl methyl sites for hydroxylation is 2. The van der Waals surface area contributed by atoms with Gasteiger partial charge in [-0.15, -0.1) is 11.8 Å². The first-order valence-corrected chi connectivity index (χ1v) is 9.00. The lowest BCUT2D eigenvalue weighted by Crippen LogP contribution is -2.25. The number of amides is 1. The molecule has 2 heterocycles. The molecule has 0 bridgehead atoms. The van der Waals surface area contributed by atoms with Gasteiger partial charge in [0.1, 0.15) is 10.9 Å². The maximum atomic E-state index is 12.5. The molecule has 0 radical (unpaired) electrons. The van der Waals surface area contributed by atoms with Crippen molar-refractivity contribution >= 4 is 17.7 Å². The molecule has 1 fully saturated rings. The third-order valence-corrected chi connectivity index (χ3v) is 4.51. The van der Waals surface area contributed by atoms with Crippen molar-refractivity contribution in [1.82, 2.24) is 20.4 Å². The van der Waals surface area contributed by atoms with Crippen LogP contribution in [0.1, 0.15) is 59.0 Å². The standard InChI is InChI=1S/C16H20N4O2S/c1-4-11-7-12(22-20-11)8-17-15(21)13-9(2)18-14(10-5-6-10)19-16(13)23-3/h7,10H,4-6,8H2,1-3H3,(H,17,21). The van der Waals surface area contributed by atoms with E-state index in [0.29, 0.717) is 23.8 Å². The predicted octanol–water partition coefficient (Wildman–Crippen LogP) is 2.86. The molecule has 1 aliphatic rings. The molecule has 0 spiro atoms. The lowest BCUT2D eigenvalue weighted by Gasteiger charge is -2.11. The van der Waals surface area contributed by atoms with Gasteiger partial charge in [0.15, 0.2) is 5.76 Å². The van der Waals surface area contributed by atoms with E-state index in [-0.39, 0.29) is 5.91 Å². The van der Waals surface area contributed by atoms with E-state index in [4.69, 9.17) is 4.52 Å². The van der Waals surface area contributed by atoms with Crippen LogP contribution in [0.25, 0.3) is 0 Å². The van der Waals surface area contributed by atoms with E-state index in [9.17, 15) is 4.79 Å². The summed E-state index contributed by atoms with van der Waals surface area (Å²) in [5.41, 5.74) is 2.17. The van der Waals surface area contributed by atoms with Gasteiger partial charge < -0.3 is 9.84 Å². The Morgan fingerprint density at radius 2 is 2.22 bits per heavy atom. The molecule has 0 aromatic carbocycles. The minimum Gasteiger partial charge on any atom is -0.359 e. The van der Waals surface area contributed by atoms with Crippen LogP contribution in [0.2, 0.25) is 0 Å². The summed E-state index contributed by atoms with van der Waals surface area (Å²) >= 11 is 1.48. The maximum absolute atomic E-state index is 12.5. The van der Waals surface area contributed by atoms with E-state index < -0.39 is 0 Å². The Kier molecular flexibility index (Phi) is 4.66. The molecule has 23 heavy (non-hydrogen) atoms. The fourth-order valence-electron chi connectivity index (χ4n) is 2.36. The molecule has 6 nitrogen and oxygen atoms in total. The summed E-state index contributed by atoms with van der Waals surface area (Å²) in [6, 6.07) is 1.86. The number of thioether (sulfide) groups is 1. The number of hydrogen-bond donors (Lipinski definition) is 1. The molecule has 1 aliphatic carbocycles. The third-order valence-electron chi connectivity index (χ3n) is 3.83. The fourth-order valence-corrected chi connectivity index (χ4v) is 2.99. The molecule has 3 rings (SSSR count). The summed E-state index contributed by atoms with van der Waals surface area (Å²) in [7, 11) is 0. The molecule has 0 aliphatic heterocycles. The molecule has 7 heteroatoms. The Hall–Kier alpha value is -1.89. The average Bonchev–Trinajstić information content (AvgIpc) is 3.30. The van der Waals surface area contributed by atoms with Crippen molar-refractivity contribution in [1.29, 1.82) is 0 Å². The number of nitrogens with one attached hydrogen (secondary N) is 1. The van der Waals surface area contributed by atoms with Crippen molar-refractivity contribution in [2.45, 2.75) is 50.6 Å². The van der Waals surface area contributed by atoms with Crippen LogP contribution in [0.3, 0.4) is 0 Å². The molecule has 2 aromatic rings. The van der Waals surface area contributed by atoms with Crippen molar-refractivity contribution in [3.05, 3.63) is 34.6 Å². The van der Waals surface area contributed by atoms with Crippen LogP contribution >= 0.6 is 11.8 Å². The molecule has 1 saturated carbocycles. The minimum absolute atomic E-state index is 0.177. The smallest absolute Gasteiger partial charge is 0.256 e. The number of carbonyl (C=O) groups excluding carboxylic acids is 1. The molecular formula is C16H20N4O2S. The topological polar surface area (TPSA) is 80.9 Å². The van der Waals surface area contributed by atoms with Crippen LogP contribution in [0.5, 0.6) is 0 Å². The van der Waals surface area contributed by atoms with Gasteiger partial charge in [0, 0.05) is 12.0 Å². The van der Waals surface area contributed by atoms with Gasteiger partial charge in [0.2, 0.25) is 0 Å². The van der Waals surface area contributed by atoms with Gasteiger partial charge in [-0.3, -0.25) is 4.79 Å². The number of hydrogen-bond acceptors (Lipinski definition) is 6. The Bertz CT molecular complexity index is 725. The van der Waals surface area contributed by atoms with Gasteiger partial charge in [-0.2, -0.15) is 0 Å². The molecule has 2 aromatic heterocycles. The fraction of sp³-hybridized carbons (Fsp3) is 0.500. The average molecular weight is 332 g/mol. The van der Waals surface area contributed by atoms with Gasteiger partial charge in [-0.05, 0) is 32.4 Å². The van der Waals surface area contributed by atoms with E-state index in [0.717, 1.165) is 41.5 Å². The molecule has 0 unspecified atom stereocenters. The second kappa shape index (κ2) is 6.70. The Labute approximate surface area is 139 Å². The van der Waals surface area contributed by atoms with Gasteiger partial charge in [0.25, 0.3) is 5.91 Å². The van der Waals surface area contributed by atoms with Gasteiger partial charge in [0.05, 0.1) is 23.5 Å². The summed E-state index contributed by atoms with van der Waals surface area (Å²) in [5, 5.41) is 7.53. The number of aromatic nitrogens is 3. The van der Waals surface area contributed by atoms with Crippen molar-refractivity contribution in [2.24, 2.45) is 0 Å². The second-order valence-corrected chi connectivity index (χ2v) is 6.44. The van der Waals surface area contributed by atoms with E-state index in [1.54, 1.807) is 0 Å². The summed E-state index contributed by atoms with van der Waals surface area (Å²) in [6.07, 6.45) is 5.02. The quantitative estimate of drug-likeness (QED) is 0.647. The van der Waals surface area contributed by atoms with Gasteiger partial charge >= 0.3 is 0 Å². The second-order valence-electron chi connectivity index (χ2n) is 5.65. The van der Waals surface area contributed by atoms with Crippen LogP contribution in [0.15, 0.2) is 15.6 Å². The monoisotopic (exact) mass is 332 g/mol. The van der Waals surface area contributed by atoms with E-state index in [1.807, 2.05) is 26.2 Å². The number of rotatable bonds is 6. The molecule has 1 N–H and O–H groups in total. The van der Waals surface area contributed by atoms with E-state index in [1.165, 1.54) is 11.8 Å². The molecule has 122 valence electrons. The highest BCUT2D eigenvalue weighted by atomic mass is 32.2. The number of carbonyl (C=O) groups is 1. The Morgan fingerprint density at radius 3 is 2.83 bits per heavy atom. The van der Waals surface area contributed by atoms with Crippen molar-refractivity contribution < 1.29 is 9.32 Å². The van der Waals surface area contributed by atoms with Crippen LogP contribution in [-0.4, -0.2) is 27.3 Å². The first-order chi connectivity index (χ1) is 11.1. The van der Waals surface area contributed by atoms with Gasteiger partial charge in [-0.25, -0.2) is 9.97 Å². The molecule has 0 saturated heterocycles. The summed E-state index contributed by atoms with van der Waals surface area (Å²) < 4.78 is 5.19. The minimum atomic E-state index is -0.177. The largest absolute Gasteiger partial charge is 0.359 e. The zero-order chi connectivity index (χ0) is 16.4. The summed E-state index contributed by atoms with van der Waals surface area (Å²) in [6.45, 7) is 4.18. The number of nitrogens with zero attached hydrogens (tertiary/aromatic N) is 3. The zero-order valence-electron chi connectivity index (χ0n) is 13.5. The van der Waals surface area contributed by atoms with Crippen molar-refractivity contribution in [3.8, 4) is 0 Å². The van der Waals surface area contributed by atoms with Crippen LogP contribution in [0, 0.1) is 6.92 Å².